The van der Waals surface area contributed by atoms with Crippen LogP contribution in [0.4, 0.5) is 4.79 Å². The Bertz CT molecular complexity index is 244. The molecule has 94 valence electrons. The second-order valence-corrected chi connectivity index (χ2v) is 5.33. The monoisotopic (exact) mass is 230 g/mol. The summed E-state index contributed by atoms with van der Waals surface area (Å²) in [4.78, 5) is 13.2. The Morgan fingerprint density at radius 3 is 2.56 bits per heavy atom. The molecule has 0 aromatic heterocycles. The van der Waals surface area contributed by atoms with Gasteiger partial charge in [-0.2, -0.15) is 0 Å². The van der Waals surface area contributed by atoms with Crippen molar-refractivity contribution in [2.45, 2.75) is 45.4 Å². The normalized spacial score (nSPS) is 19.2. The fourth-order valence-corrected chi connectivity index (χ4v) is 1.51. The molecular formula is C11H22N2O3. The Hall–Kier alpha value is -0.810. The largest absolute Gasteiger partial charge is 0.444 e. The zero-order valence-corrected chi connectivity index (χ0v) is 10.5. The minimum absolute atomic E-state index is 0.0748. The molecule has 1 saturated heterocycles. The van der Waals surface area contributed by atoms with Gasteiger partial charge in [0.1, 0.15) is 5.60 Å². The van der Waals surface area contributed by atoms with Crippen LogP contribution in [0.25, 0.3) is 0 Å². The van der Waals surface area contributed by atoms with Crippen LogP contribution in [-0.2, 0) is 4.74 Å². The van der Waals surface area contributed by atoms with E-state index in [-0.39, 0.29) is 24.8 Å². The van der Waals surface area contributed by atoms with Gasteiger partial charge >= 0.3 is 6.09 Å². The maximum atomic E-state index is 11.6. The SMILES string of the molecule is CC(CO)NC1CN(C(=O)OC(C)(C)C)C1. The van der Waals surface area contributed by atoms with Crippen molar-refractivity contribution in [2.75, 3.05) is 19.7 Å². The van der Waals surface area contributed by atoms with Crippen molar-refractivity contribution in [3.8, 4) is 0 Å². The van der Waals surface area contributed by atoms with Gasteiger partial charge in [0.15, 0.2) is 0 Å². The molecule has 0 aliphatic carbocycles. The maximum absolute atomic E-state index is 11.6. The fraction of sp³-hybridized carbons (Fsp3) is 0.909. The molecule has 5 nitrogen and oxygen atoms in total. The topological polar surface area (TPSA) is 61.8 Å². The van der Waals surface area contributed by atoms with Crippen molar-refractivity contribution in [1.29, 1.82) is 0 Å². The quantitative estimate of drug-likeness (QED) is 0.744. The highest BCUT2D eigenvalue weighted by Gasteiger charge is 2.33. The molecule has 1 rings (SSSR count). The zero-order valence-electron chi connectivity index (χ0n) is 10.5. The molecule has 2 N–H and O–H groups in total. The highest BCUT2D eigenvalue weighted by Crippen LogP contribution is 2.15. The van der Waals surface area contributed by atoms with Crippen molar-refractivity contribution in [2.24, 2.45) is 0 Å². The van der Waals surface area contributed by atoms with Crippen LogP contribution in [0.15, 0.2) is 0 Å². The molecule has 0 aromatic rings. The van der Waals surface area contributed by atoms with E-state index in [0.29, 0.717) is 13.1 Å². The Labute approximate surface area is 96.8 Å². The highest BCUT2D eigenvalue weighted by molar-refractivity contribution is 5.69. The molecule has 0 radical (unpaired) electrons. The van der Waals surface area contributed by atoms with Gasteiger partial charge in [-0.05, 0) is 27.7 Å². The summed E-state index contributed by atoms with van der Waals surface area (Å²) in [7, 11) is 0. The third-order valence-corrected chi connectivity index (χ3v) is 2.33. The number of ether oxygens (including phenoxy) is 1. The van der Waals surface area contributed by atoms with Gasteiger partial charge in [-0.15, -0.1) is 0 Å². The standard InChI is InChI=1S/C11H22N2O3/c1-8(7-14)12-9-5-13(6-9)10(15)16-11(2,3)4/h8-9,12,14H,5-7H2,1-4H3. The molecule has 1 amide bonds. The summed E-state index contributed by atoms with van der Waals surface area (Å²) in [6.07, 6.45) is -0.262. The zero-order chi connectivity index (χ0) is 12.3. The molecule has 1 fully saturated rings. The van der Waals surface area contributed by atoms with Gasteiger partial charge in [0, 0.05) is 25.2 Å². The number of carbonyl (C=O) groups is 1. The summed E-state index contributed by atoms with van der Waals surface area (Å²) < 4.78 is 5.23. The first kappa shape index (κ1) is 13.3. The fourth-order valence-electron chi connectivity index (χ4n) is 1.51. The van der Waals surface area contributed by atoms with Crippen LogP contribution in [-0.4, -0.2) is 53.5 Å². The van der Waals surface area contributed by atoms with E-state index in [1.165, 1.54) is 0 Å². The molecule has 5 heteroatoms. The van der Waals surface area contributed by atoms with Crippen LogP contribution in [0.3, 0.4) is 0 Å². The number of aliphatic hydroxyl groups is 1. The van der Waals surface area contributed by atoms with Crippen LogP contribution in [0.1, 0.15) is 27.7 Å². The van der Waals surface area contributed by atoms with E-state index in [9.17, 15) is 4.79 Å². The van der Waals surface area contributed by atoms with Gasteiger partial charge in [0.2, 0.25) is 0 Å². The lowest BCUT2D eigenvalue weighted by Gasteiger charge is -2.41. The predicted molar refractivity (Wildman–Crippen MR) is 61.3 cm³/mol. The van der Waals surface area contributed by atoms with Crippen LogP contribution in [0.2, 0.25) is 0 Å². The number of nitrogens with one attached hydrogen (secondary N) is 1. The number of nitrogens with zero attached hydrogens (tertiary/aromatic N) is 1. The second kappa shape index (κ2) is 5.01. The summed E-state index contributed by atoms with van der Waals surface area (Å²) >= 11 is 0. The van der Waals surface area contributed by atoms with Crippen LogP contribution in [0.5, 0.6) is 0 Å². The summed E-state index contributed by atoms with van der Waals surface area (Å²) in [5.74, 6) is 0. The summed E-state index contributed by atoms with van der Waals surface area (Å²) in [5, 5.41) is 12.1. The highest BCUT2D eigenvalue weighted by atomic mass is 16.6. The lowest BCUT2D eigenvalue weighted by Crippen LogP contribution is -2.62. The molecule has 0 aromatic carbocycles. The molecule has 0 spiro atoms. The average Bonchev–Trinajstić information content (AvgIpc) is 2.06. The van der Waals surface area contributed by atoms with Crippen molar-refractivity contribution < 1.29 is 14.6 Å². The summed E-state index contributed by atoms with van der Waals surface area (Å²) in [6, 6.07) is 0.348. The van der Waals surface area contributed by atoms with Gasteiger partial charge in [-0.1, -0.05) is 0 Å². The second-order valence-electron chi connectivity index (χ2n) is 5.33. The maximum Gasteiger partial charge on any atom is 0.410 e. The molecule has 1 aliphatic rings. The minimum atomic E-state index is -0.437. The van der Waals surface area contributed by atoms with Gasteiger partial charge in [-0.3, -0.25) is 0 Å². The lowest BCUT2D eigenvalue weighted by atomic mass is 10.1. The molecule has 0 saturated carbocycles. The minimum Gasteiger partial charge on any atom is -0.444 e. The van der Waals surface area contributed by atoms with Crippen LogP contribution in [0, 0.1) is 0 Å². The van der Waals surface area contributed by atoms with E-state index in [2.05, 4.69) is 5.32 Å². The van der Waals surface area contributed by atoms with Crippen molar-refractivity contribution >= 4 is 6.09 Å². The average molecular weight is 230 g/mol. The molecule has 1 unspecified atom stereocenters. The van der Waals surface area contributed by atoms with E-state index in [4.69, 9.17) is 9.84 Å². The number of hydrogen-bond donors (Lipinski definition) is 2. The van der Waals surface area contributed by atoms with E-state index < -0.39 is 5.60 Å². The van der Waals surface area contributed by atoms with Gasteiger partial charge < -0.3 is 20.1 Å². The number of amides is 1. The molecule has 1 heterocycles. The lowest BCUT2D eigenvalue weighted by molar-refractivity contribution is 0.00368. The Morgan fingerprint density at radius 1 is 1.56 bits per heavy atom. The summed E-state index contributed by atoms with van der Waals surface area (Å²) in [5.41, 5.74) is -0.437. The molecular weight excluding hydrogens is 208 g/mol. The third kappa shape index (κ3) is 3.98. The molecule has 0 bridgehead atoms. The first-order chi connectivity index (χ1) is 7.31. The van der Waals surface area contributed by atoms with Crippen LogP contribution >= 0.6 is 0 Å². The van der Waals surface area contributed by atoms with E-state index in [1.807, 2.05) is 27.7 Å². The Kier molecular flexibility index (Phi) is 4.15. The third-order valence-electron chi connectivity index (χ3n) is 2.33. The predicted octanol–water partition coefficient (Wildman–Crippen LogP) is 0.576. The number of likely N-dealkylation sites (tertiary alicyclic amines) is 1. The molecule has 1 atom stereocenters. The van der Waals surface area contributed by atoms with E-state index >= 15 is 0 Å². The summed E-state index contributed by atoms with van der Waals surface area (Å²) in [6.45, 7) is 8.90. The van der Waals surface area contributed by atoms with Crippen molar-refractivity contribution in [3.63, 3.8) is 0 Å². The Balaban J connectivity index is 2.23. The first-order valence-corrected chi connectivity index (χ1v) is 5.66. The van der Waals surface area contributed by atoms with E-state index in [1.54, 1.807) is 4.90 Å². The van der Waals surface area contributed by atoms with Gasteiger partial charge in [-0.25, -0.2) is 4.79 Å². The Morgan fingerprint density at radius 2 is 2.12 bits per heavy atom. The molecule has 16 heavy (non-hydrogen) atoms. The first-order valence-electron chi connectivity index (χ1n) is 5.66. The number of carbonyl (C=O) groups excluding carboxylic acids is 1. The van der Waals surface area contributed by atoms with Gasteiger partial charge in [0.05, 0.1) is 6.61 Å². The van der Waals surface area contributed by atoms with Crippen molar-refractivity contribution in [3.05, 3.63) is 0 Å². The van der Waals surface area contributed by atoms with Gasteiger partial charge in [0.25, 0.3) is 0 Å². The number of rotatable bonds is 3. The molecule has 1 aliphatic heterocycles. The van der Waals surface area contributed by atoms with Crippen LogP contribution < -0.4 is 5.32 Å². The van der Waals surface area contributed by atoms with Crippen molar-refractivity contribution in [1.82, 2.24) is 10.2 Å². The number of aliphatic hydroxyl groups excluding tert-OH is 1. The smallest absolute Gasteiger partial charge is 0.410 e. The van der Waals surface area contributed by atoms with E-state index in [0.717, 1.165) is 0 Å². The number of hydrogen-bond acceptors (Lipinski definition) is 4.